The average molecular weight is 398 g/mol. The van der Waals surface area contributed by atoms with Crippen molar-refractivity contribution in [3.8, 4) is 11.5 Å². The molecule has 0 saturated heterocycles. The summed E-state index contributed by atoms with van der Waals surface area (Å²) in [7, 11) is 1.72. The van der Waals surface area contributed by atoms with Gasteiger partial charge in [-0.3, -0.25) is 4.79 Å². The van der Waals surface area contributed by atoms with Crippen molar-refractivity contribution in [2.45, 2.75) is 57.4 Å². The van der Waals surface area contributed by atoms with Crippen LogP contribution in [0.15, 0.2) is 42.5 Å². The number of benzene rings is 2. The minimum Gasteiger partial charge on any atom is -0.448 e. The maximum Gasteiger partial charge on any atom is 0.251 e. The van der Waals surface area contributed by atoms with Gasteiger partial charge in [-0.15, -0.1) is 0 Å². The highest BCUT2D eigenvalue weighted by atomic mass is 19.1. The number of anilines is 1. The van der Waals surface area contributed by atoms with Crippen molar-refractivity contribution in [1.82, 2.24) is 4.90 Å². The van der Waals surface area contributed by atoms with Crippen molar-refractivity contribution in [3.05, 3.63) is 53.8 Å². The summed E-state index contributed by atoms with van der Waals surface area (Å²) in [4.78, 5) is 14.3. The summed E-state index contributed by atoms with van der Waals surface area (Å²) in [6, 6.07) is 11.6. The van der Waals surface area contributed by atoms with Crippen LogP contribution in [0.5, 0.6) is 11.5 Å². The highest BCUT2D eigenvalue weighted by molar-refractivity contribution is 5.84. The molecule has 1 fully saturated rings. The predicted octanol–water partition coefficient (Wildman–Crippen LogP) is 4.72. The summed E-state index contributed by atoms with van der Waals surface area (Å²) in [5, 5.41) is 3.24. The van der Waals surface area contributed by atoms with E-state index >= 15 is 0 Å². The predicted molar refractivity (Wildman–Crippen MR) is 109 cm³/mol. The third kappa shape index (κ3) is 4.31. The first-order chi connectivity index (χ1) is 13.9. The molecule has 1 atom stereocenters. The van der Waals surface area contributed by atoms with Gasteiger partial charge in [-0.05, 0) is 49.6 Å². The van der Waals surface area contributed by atoms with Crippen LogP contribution in [-0.4, -0.2) is 29.7 Å². The lowest BCUT2D eigenvalue weighted by molar-refractivity contribution is -0.130. The molecule has 1 aliphatic heterocycles. The Hall–Kier alpha value is -2.76. The first-order valence-corrected chi connectivity index (χ1v) is 10.2. The van der Waals surface area contributed by atoms with Crippen molar-refractivity contribution >= 4 is 11.6 Å². The van der Waals surface area contributed by atoms with E-state index < -0.39 is 11.8 Å². The first-order valence-electron chi connectivity index (χ1n) is 10.2. The van der Waals surface area contributed by atoms with E-state index in [0.717, 1.165) is 48.4 Å². The summed E-state index contributed by atoms with van der Waals surface area (Å²) in [6.45, 7) is 2.17. The number of hydrogen-bond acceptors (Lipinski definition) is 4. The fraction of sp³-hybridized carbons (Fsp3) is 0.435. The molecule has 2 aliphatic rings. The average Bonchev–Trinajstić information content (AvgIpc) is 3.04. The summed E-state index contributed by atoms with van der Waals surface area (Å²) in [5.74, 6) is 0.608. The molecule has 1 saturated carbocycles. The van der Waals surface area contributed by atoms with Crippen molar-refractivity contribution in [3.63, 3.8) is 0 Å². The highest BCUT2D eigenvalue weighted by Gasteiger charge is 2.42. The topological polar surface area (TPSA) is 50.8 Å². The maximum absolute atomic E-state index is 13.4. The van der Waals surface area contributed by atoms with E-state index in [0.29, 0.717) is 6.54 Å². The maximum atomic E-state index is 13.4. The Balaban J connectivity index is 1.38. The van der Waals surface area contributed by atoms with Gasteiger partial charge in [-0.1, -0.05) is 18.6 Å². The largest absolute Gasteiger partial charge is 0.448 e. The van der Waals surface area contributed by atoms with Crippen LogP contribution in [0.3, 0.4) is 0 Å². The minimum atomic E-state index is -0.508. The second kappa shape index (κ2) is 7.93. The molecule has 5 nitrogen and oxygen atoms in total. The fourth-order valence-corrected chi connectivity index (χ4v) is 4.11. The molecule has 0 aromatic heterocycles. The van der Waals surface area contributed by atoms with Crippen LogP contribution in [0.2, 0.25) is 0 Å². The molecular formula is C23H27FN2O3. The number of halogens is 1. The molecular weight excluding hydrogens is 371 g/mol. The van der Waals surface area contributed by atoms with Crippen LogP contribution in [0.1, 0.15) is 44.6 Å². The number of carbonyl (C=O) groups excluding carboxylic acids is 1. The Morgan fingerprint density at radius 2 is 1.90 bits per heavy atom. The number of likely N-dealkylation sites (N-methyl/N-ethyl adjacent to an activating group) is 1. The van der Waals surface area contributed by atoms with Crippen LogP contribution in [0, 0.1) is 5.82 Å². The Labute approximate surface area is 170 Å². The van der Waals surface area contributed by atoms with E-state index in [4.69, 9.17) is 9.47 Å². The molecule has 0 bridgehead atoms. The molecule has 6 heteroatoms. The fourth-order valence-electron chi connectivity index (χ4n) is 4.11. The number of amides is 1. The van der Waals surface area contributed by atoms with E-state index in [1.54, 1.807) is 18.0 Å². The zero-order chi connectivity index (χ0) is 20.4. The van der Waals surface area contributed by atoms with Gasteiger partial charge in [0.05, 0.1) is 0 Å². The lowest BCUT2D eigenvalue weighted by Gasteiger charge is -2.31. The standard InChI is InChI=1S/C23H27FN2O3/c1-16(22(27)26(2)15-17-7-6-8-18(24)13-17)25-19-9-10-20-21(14-19)29-23(28-20)11-4-3-5-12-23/h6-10,13-14,16,25H,3-5,11-12,15H2,1-2H3/t16-/m0/s1. The van der Waals surface area contributed by atoms with Gasteiger partial charge >= 0.3 is 0 Å². The van der Waals surface area contributed by atoms with Crippen molar-refractivity contribution in [2.24, 2.45) is 0 Å². The smallest absolute Gasteiger partial charge is 0.251 e. The quantitative estimate of drug-likeness (QED) is 0.792. The molecule has 1 amide bonds. The molecule has 154 valence electrons. The van der Waals surface area contributed by atoms with Crippen molar-refractivity contribution < 1.29 is 18.7 Å². The summed E-state index contributed by atoms with van der Waals surface area (Å²) in [5.41, 5.74) is 1.56. The summed E-state index contributed by atoms with van der Waals surface area (Å²) in [6.07, 6.45) is 5.26. The van der Waals surface area contributed by atoms with E-state index in [1.807, 2.05) is 31.2 Å². The van der Waals surface area contributed by atoms with Crippen LogP contribution in [0.25, 0.3) is 0 Å². The van der Waals surface area contributed by atoms with Crippen LogP contribution in [-0.2, 0) is 11.3 Å². The number of fused-ring (bicyclic) bond motifs is 1. The second-order valence-electron chi connectivity index (χ2n) is 8.03. The highest BCUT2D eigenvalue weighted by Crippen LogP contribution is 2.46. The first kappa shape index (κ1) is 19.6. The molecule has 2 aromatic carbocycles. The van der Waals surface area contributed by atoms with Gasteiger partial charge < -0.3 is 19.7 Å². The van der Waals surface area contributed by atoms with Gasteiger partial charge in [-0.2, -0.15) is 0 Å². The van der Waals surface area contributed by atoms with Crippen LogP contribution < -0.4 is 14.8 Å². The number of nitrogens with zero attached hydrogens (tertiary/aromatic N) is 1. The molecule has 1 heterocycles. The van der Waals surface area contributed by atoms with Gasteiger partial charge in [0.15, 0.2) is 11.5 Å². The molecule has 0 radical (unpaired) electrons. The Morgan fingerprint density at radius 1 is 1.14 bits per heavy atom. The van der Waals surface area contributed by atoms with Crippen molar-refractivity contribution in [1.29, 1.82) is 0 Å². The monoisotopic (exact) mass is 398 g/mol. The van der Waals surface area contributed by atoms with Gasteiger partial charge in [0.2, 0.25) is 5.91 Å². The van der Waals surface area contributed by atoms with Crippen molar-refractivity contribution in [2.75, 3.05) is 12.4 Å². The van der Waals surface area contributed by atoms with E-state index in [9.17, 15) is 9.18 Å². The SMILES string of the molecule is C[C@H](Nc1ccc2c(c1)OC1(CCCCC1)O2)C(=O)N(C)Cc1cccc(F)c1. The molecule has 1 aliphatic carbocycles. The lowest BCUT2D eigenvalue weighted by Crippen LogP contribution is -2.40. The number of rotatable bonds is 5. The van der Waals surface area contributed by atoms with Crippen LogP contribution in [0.4, 0.5) is 10.1 Å². The molecule has 4 rings (SSSR count). The zero-order valence-corrected chi connectivity index (χ0v) is 16.9. The number of ether oxygens (including phenoxy) is 2. The minimum absolute atomic E-state index is 0.0734. The van der Waals surface area contributed by atoms with Gasteiger partial charge in [0.1, 0.15) is 11.9 Å². The molecule has 29 heavy (non-hydrogen) atoms. The lowest BCUT2D eigenvalue weighted by atomic mass is 9.94. The summed E-state index contributed by atoms with van der Waals surface area (Å²) < 4.78 is 25.6. The van der Waals surface area contributed by atoms with Crippen LogP contribution >= 0.6 is 0 Å². The van der Waals surface area contributed by atoms with Gasteiger partial charge in [0, 0.05) is 38.2 Å². The summed E-state index contributed by atoms with van der Waals surface area (Å²) >= 11 is 0. The molecule has 1 spiro atoms. The Bertz CT molecular complexity index is 895. The number of nitrogens with one attached hydrogen (secondary N) is 1. The van der Waals surface area contributed by atoms with E-state index in [-0.39, 0.29) is 11.7 Å². The zero-order valence-electron chi connectivity index (χ0n) is 16.9. The number of hydrogen-bond donors (Lipinski definition) is 1. The van der Waals surface area contributed by atoms with Gasteiger partial charge in [0.25, 0.3) is 5.79 Å². The number of carbonyl (C=O) groups is 1. The third-order valence-corrected chi connectivity index (χ3v) is 5.59. The Kier molecular flexibility index (Phi) is 5.35. The normalized spacial score (nSPS) is 17.8. The van der Waals surface area contributed by atoms with E-state index in [1.165, 1.54) is 18.6 Å². The second-order valence-corrected chi connectivity index (χ2v) is 8.03. The Morgan fingerprint density at radius 3 is 2.66 bits per heavy atom. The molecule has 2 aromatic rings. The molecule has 1 N–H and O–H groups in total. The third-order valence-electron chi connectivity index (χ3n) is 5.59. The van der Waals surface area contributed by atoms with E-state index in [2.05, 4.69) is 5.32 Å². The molecule has 0 unspecified atom stereocenters. The van der Waals surface area contributed by atoms with Gasteiger partial charge in [-0.25, -0.2) is 4.39 Å².